The molecule has 0 aliphatic heterocycles. The third kappa shape index (κ3) is 2.66. The molecule has 0 aromatic heterocycles. The van der Waals surface area contributed by atoms with Gasteiger partial charge in [-0.3, -0.25) is 0 Å². The minimum Gasteiger partial charge on any atom is -0.397 e. The molecule has 2 aliphatic carbocycles. The van der Waals surface area contributed by atoms with Gasteiger partial charge in [0.2, 0.25) is 0 Å². The van der Waals surface area contributed by atoms with Crippen molar-refractivity contribution in [3.63, 3.8) is 0 Å². The maximum Gasteiger partial charge on any atom is 0.344 e. The Hall–Kier alpha value is 0.137. The number of hydrogen-bond acceptors (Lipinski definition) is 2. The van der Waals surface area contributed by atoms with Crippen LogP contribution in [-0.4, -0.2) is 22.8 Å². The SMILES string of the molecule is CO[Si](OC)(C1CCCCC1)C1CC(C)C(C)C1C. The van der Waals surface area contributed by atoms with Crippen LogP contribution in [0.3, 0.4) is 0 Å². The van der Waals surface area contributed by atoms with Crippen LogP contribution >= 0.6 is 0 Å². The largest absolute Gasteiger partial charge is 0.397 e. The Kier molecular flexibility index (Phi) is 5.13. The summed E-state index contributed by atoms with van der Waals surface area (Å²) in [6, 6.07) is 0. The summed E-state index contributed by atoms with van der Waals surface area (Å²) in [5, 5.41) is 0. The molecule has 3 heteroatoms. The van der Waals surface area contributed by atoms with E-state index in [9.17, 15) is 0 Å². The molecule has 0 saturated heterocycles. The van der Waals surface area contributed by atoms with Gasteiger partial charge in [0.25, 0.3) is 0 Å². The van der Waals surface area contributed by atoms with Crippen LogP contribution in [0.2, 0.25) is 11.1 Å². The molecule has 0 amide bonds. The summed E-state index contributed by atoms with van der Waals surface area (Å²) in [4.78, 5) is 0. The molecule has 0 aromatic carbocycles. The molecule has 2 aliphatic rings. The quantitative estimate of drug-likeness (QED) is 0.694. The van der Waals surface area contributed by atoms with Gasteiger partial charge in [-0.25, -0.2) is 0 Å². The van der Waals surface area contributed by atoms with Gasteiger partial charge in [0.15, 0.2) is 0 Å². The van der Waals surface area contributed by atoms with Crippen molar-refractivity contribution in [3.05, 3.63) is 0 Å². The Morgan fingerprint density at radius 2 is 1.42 bits per heavy atom. The molecular weight excluding hydrogens is 252 g/mol. The van der Waals surface area contributed by atoms with Gasteiger partial charge >= 0.3 is 8.56 Å². The lowest BCUT2D eigenvalue weighted by Gasteiger charge is -2.43. The van der Waals surface area contributed by atoms with E-state index in [0.29, 0.717) is 5.54 Å². The fourth-order valence-corrected chi connectivity index (χ4v) is 9.77. The first-order valence-corrected chi connectivity index (χ1v) is 10.1. The van der Waals surface area contributed by atoms with Gasteiger partial charge in [-0.05, 0) is 37.0 Å². The molecule has 2 rings (SSSR count). The summed E-state index contributed by atoms with van der Waals surface area (Å²) < 4.78 is 12.4. The lowest BCUT2D eigenvalue weighted by Crippen LogP contribution is -2.51. The summed E-state index contributed by atoms with van der Waals surface area (Å²) in [5.74, 6) is 2.38. The molecule has 0 aromatic rings. The van der Waals surface area contributed by atoms with Gasteiger partial charge in [-0.15, -0.1) is 0 Å². The first-order valence-electron chi connectivity index (χ1n) is 8.17. The zero-order valence-corrected chi connectivity index (χ0v) is 14.4. The molecule has 2 nitrogen and oxygen atoms in total. The first kappa shape index (κ1) is 15.5. The van der Waals surface area contributed by atoms with E-state index in [0.717, 1.165) is 23.3 Å². The van der Waals surface area contributed by atoms with Crippen molar-refractivity contribution in [2.45, 2.75) is 70.4 Å². The second kappa shape index (κ2) is 6.27. The zero-order valence-electron chi connectivity index (χ0n) is 13.4. The maximum atomic E-state index is 6.19. The fourth-order valence-electron chi connectivity index (χ4n) is 4.77. The molecule has 4 atom stereocenters. The van der Waals surface area contributed by atoms with E-state index in [1.807, 2.05) is 14.2 Å². The van der Waals surface area contributed by atoms with Crippen molar-refractivity contribution < 1.29 is 8.85 Å². The van der Waals surface area contributed by atoms with Gasteiger partial charge in [0.05, 0.1) is 0 Å². The standard InChI is InChI=1S/C16H32O2Si/c1-12-11-16(14(3)13(12)2)19(17-4,18-5)15-9-7-6-8-10-15/h12-16H,6-11H2,1-5H3. The van der Waals surface area contributed by atoms with Crippen molar-refractivity contribution >= 4 is 8.56 Å². The second-order valence-corrected chi connectivity index (χ2v) is 10.8. The van der Waals surface area contributed by atoms with Crippen molar-refractivity contribution in [2.75, 3.05) is 14.2 Å². The second-order valence-electron chi connectivity index (χ2n) is 7.00. The van der Waals surface area contributed by atoms with E-state index in [4.69, 9.17) is 8.85 Å². The lowest BCUT2D eigenvalue weighted by molar-refractivity contribution is 0.193. The highest BCUT2D eigenvalue weighted by molar-refractivity contribution is 6.70. The molecular formula is C16H32O2Si. The molecule has 0 radical (unpaired) electrons. The smallest absolute Gasteiger partial charge is 0.344 e. The fraction of sp³-hybridized carbons (Fsp3) is 1.00. The summed E-state index contributed by atoms with van der Waals surface area (Å²) in [7, 11) is 1.79. The lowest BCUT2D eigenvalue weighted by atomic mass is 9.94. The highest BCUT2D eigenvalue weighted by atomic mass is 28.4. The van der Waals surface area contributed by atoms with E-state index in [-0.39, 0.29) is 0 Å². The van der Waals surface area contributed by atoms with Crippen LogP contribution < -0.4 is 0 Å². The Bertz CT molecular complexity index is 284. The topological polar surface area (TPSA) is 18.5 Å². The molecule has 112 valence electrons. The van der Waals surface area contributed by atoms with Gasteiger partial charge in [0, 0.05) is 25.3 Å². The van der Waals surface area contributed by atoms with Crippen LogP contribution in [0.1, 0.15) is 59.3 Å². The summed E-state index contributed by atoms with van der Waals surface area (Å²) in [6.45, 7) is 7.26. The van der Waals surface area contributed by atoms with Crippen molar-refractivity contribution in [2.24, 2.45) is 17.8 Å². The van der Waals surface area contributed by atoms with Crippen LogP contribution in [0.15, 0.2) is 0 Å². The van der Waals surface area contributed by atoms with Crippen LogP contribution in [-0.2, 0) is 8.85 Å². The molecule has 2 fully saturated rings. The van der Waals surface area contributed by atoms with E-state index < -0.39 is 8.56 Å². The first-order chi connectivity index (χ1) is 9.06. The normalized spacial score (nSPS) is 37.7. The van der Waals surface area contributed by atoms with Gasteiger partial charge in [-0.2, -0.15) is 0 Å². The van der Waals surface area contributed by atoms with E-state index in [1.54, 1.807) is 0 Å². The van der Waals surface area contributed by atoms with E-state index >= 15 is 0 Å². The zero-order chi connectivity index (χ0) is 14.0. The third-order valence-electron chi connectivity index (χ3n) is 6.32. The predicted octanol–water partition coefficient (Wildman–Crippen LogP) is 4.74. The summed E-state index contributed by atoms with van der Waals surface area (Å²) in [6.07, 6.45) is 8.13. The third-order valence-corrected chi connectivity index (χ3v) is 11.1. The average Bonchev–Trinajstić information content (AvgIpc) is 2.71. The molecule has 19 heavy (non-hydrogen) atoms. The minimum atomic E-state index is -2.06. The molecule has 2 saturated carbocycles. The van der Waals surface area contributed by atoms with Crippen LogP contribution in [0.4, 0.5) is 0 Å². The molecule has 4 unspecified atom stereocenters. The molecule has 0 bridgehead atoms. The highest BCUT2D eigenvalue weighted by Crippen LogP contribution is 2.55. The Labute approximate surface area is 120 Å². The summed E-state index contributed by atoms with van der Waals surface area (Å²) >= 11 is 0. The van der Waals surface area contributed by atoms with Crippen LogP contribution in [0.25, 0.3) is 0 Å². The van der Waals surface area contributed by atoms with Crippen molar-refractivity contribution in [1.82, 2.24) is 0 Å². The summed E-state index contributed by atoms with van der Waals surface area (Å²) in [5.41, 5.74) is 1.41. The minimum absolute atomic E-state index is 0.690. The average molecular weight is 285 g/mol. The van der Waals surface area contributed by atoms with Crippen LogP contribution in [0.5, 0.6) is 0 Å². The van der Waals surface area contributed by atoms with Gasteiger partial charge in [0.1, 0.15) is 0 Å². The predicted molar refractivity (Wildman–Crippen MR) is 82.5 cm³/mol. The van der Waals surface area contributed by atoms with E-state index in [1.165, 1.54) is 38.5 Å². The number of rotatable bonds is 4. The van der Waals surface area contributed by atoms with Crippen LogP contribution in [0, 0.1) is 17.8 Å². The van der Waals surface area contributed by atoms with Gasteiger partial charge in [-0.1, -0.05) is 40.0 Å². The monoisotopic (exact) mass is 284 g/mol. The van der Waals surface area contributed by atoms with Crippen molar-refractivity contribution in [3.8, 4) is 0 Å². The Morgan fingerprint density at radius 1 is 0.842 bits per heavy atom. The Balaban J connectivity index is 2.23. The Morgan fingerprint density at radius 3 is 1.84 bits per heavy atom. The number of hydrogen-bond donors (Lipinski definition) is 0. The molecule has 0 N–H and O–H groups in total. The molecule has 0 spiro atoms. The van der Waals surface area contributed by atoms with Gasteiger partial charge < -0.3 is 8.85 Å². The molecule has 0 heterocycles. The van der Waals surface area contributed by atoms with Crippen molar-refractivity contribution in [1.29, 1.82) is 0 Å². The van der Waals surface area contributed by atoms with E-state index in [2.05, 4.69) is 20.8 Å². The highest BCUT2D eigenvalue weighted by Gasteiger charge is 2.56. The maximum absolute atomic E-state index is 6.19.